The van der Waals surface area contributed by atoms with Gasteiger partial charge in [0.05, 0.1) is 5.52 Å². The lowest BCUT2D eigenvalue weighted by Gasteiger charge is -2.22. The first kappa shape index (κ1) is 37.1. The first-order valence-corrected chi connectivity index (χ1v) is 20.0. The van der Waals surface area contributed by atoms with Crippen LogP contribution < -0.4 is 0 Å². The maximum Gasteiger partial charge on any atom is 0.0534 e. The standard InChI is InChI=1S/C52H56N2/c1-8-10-30-53-31-29-38(9-2)19-18-20-39-34-46(45-27-25-41-33-42(52(5,6)7)32-36(3)50(41)51(45)37(39)4)40-26-28-49-47(35-40)44-23-16-11-12-17-24-48(44)54(49)43-21-14-13-15-22-43/h9-10,12-15,17-19,21-22,25-28,30-35H,8,11,16,20,23-24,29H2,1-7H3/b17-12-,19-18-,30-10-,38-9+,53-31?. The number of rotatable bonds is 9. The zero-order valence-corrected chi connectivity index (χ0v) is 33.5. The molecule has 0 atom stereocenters. The second-order valence-corrected chi connectivity index (χ2v) is 16.0. The van der Waals surface area contributed by atoms with Crippen LogP contribution in [0.15, 0.2) is 132 Å². The molecular weight excluding hydrogens is 653 g/mol. The van der Waals surface area contributed by atoms with Gasteiger partial charge in [0.15, 0.2) is 0 Å². The zero-order chi connectivity index (χ0) is 37.8. The van der Waals surface area contributed by atoms with Gasteiger partial charge in [-0.05, 0) is 155 Å². The number of aryl methyl sites for hydroxylation is 3. The average molecular weight is 709 g/mol. The first-order valence-electron chi connectivity index (χ1n) is 20.0. The number of hydrogen-bond donors (Lipinski definition) is 0. The van der Waals surface area contributed by atoms with Crippen molar-refractivity contribution in [2.24, 2.45) is 4.99 Å². The fourth-order valence-electron chi connectivity index (χ4n) is 8.35. The van der Waals surface area contributed by atoms with Crippen LogP contribution in [0.4, 0.5) is 0 Å². The van der Waals surface area contributed by atoms with Gasteiger partial charge < -0.3 is 4.57 Å². The largest absolute Gasteiger partial charge is 0.313 e. The molecule has 274 valence electrons. The number of allylic oxidation sites excluding steroid dienone is 7. The Morgan fingerprint density at radius 2 is 1.70 bits per heavy atom. The molecule has 0 saturated carbocycles. The monoisotopic (exact) mass is 708 g/mol. The predicted molar refractivity (Wildman–Crippen MR) is 237 cm³/mol. The van der Waals surface area contributed by atoms with Crippen molar-refractivity contribution in [2.45, 2.75) is 98.8 Å². The summed E-state index contributed by atoms with van der Waals surface area (Å²) in [6, 6.07) is 30.3. The highest BCUT2D eigenvalue weighted by Crippen LogP contribution is 2.42. The number of aromatic nitrogens is 1. The van der Waals surface area contributed by atoms with Crippen molar-refractivity contribution in [2.75, 3.05) is 0 Å². The van der Waals surface area contributed by atoms with Gasteiger partial charge in [0.2, 0.25) is 0 Å². The van der Waals surface area contributed by atoms with E-state index in [4.69, 9.17) is 0 Å². The van der Waals surface area contributed by atoms with Gasteiger partial charge in [-0.25, -0.2) is 0 Å². The Morgan fingerprint density at radius 1 is 0.870 bits per heavy atom. The van der Waals surface area contributed by atoms with Crippen molar-refractivity contribution in [3.63, 3.8) is 0 Å². The maximum atomic E-state index is 4.46. The van der Waals surface area contributed by atoms with E-state index < -0.39 is 0 Å². The van der Waals surface area contributed by atoms with Gasteiger partial charge in [-0.15, -0.1) is 0 Å². The highest BCUT2D eigenvalue weighted by Gasteiger charge is 2.22. The van der Waals surface area contributed by atoms with Crippen molar-refractivity contribution in [1.82, 2.24) is 4.57 Å². The number of para-hydroxylation sites is 1. The number of aliphatic imine (C=N–C) groups is 1. The number of fused-ring (bicyclic) bond motifs is 6. The van der Waals surface area contributed by atoms with Gasteiger partial charge >= 0.3 is 0 Å². The number of nitrogens with zero attached hydrogens (tertiary/aromatic N) is 2. The summed E-state index contributed by atoms with van der Waals surface area (Å²) < 4.78 is 2.51. The van der Waals surface area contributed by atoms with Crippen LogP contribution in [0.1, 0.15) is 93.8 Å². The minimum Gasteiger partial charge on any atom is -0.313 e. The third-order valence-corrected chi connectivity index (χ3v) is 11.3. The van der Waals surface area contributed by atoms with Crippen LogP contribution in [0, 0.1) is 13.8 Å². The highest BCUT2D eigenvalue weighted by atomic mass is 15.0. The fraction of sp³-hybridized carbons (Fsp3) is 0.288. The Balaban J connectivity index is 1.42. The Hall–Kier alpha value is -5.21. The van der Waals surface area contributed by atoms with Gasteiger partial charge in [-0.3, -0.25) is 4.99 Å². The second-order valence-electron chi connectivity index (χ2n) is 16.0. The van der Waals surface area contributed by atoms with E-state index in [1.807, 2.05) is 12.4 Å². The van der Waals surface area contributed by atoms with Crippen LogP contribution in [0.25, 0.3) is 49.3 Å². The Bertz CT molecular complexity index is 2470. The molecule has 1 heterocycles. The summed E-state index contributed by atoms with van der Waals surface area (Å²) in [7, 11) is 0. The molecule has 1 aliphatic carbocycles. The quantitative estimate of drug-likeness (QED) is 0.0616. The molecule has 0 fully saturated rings. The van der Waals surface area contributed by atoms with Crippen LogP contribution in [-0.4, -0.2) is 10.8 Å². The minimum atomic E-state index is 0.0840. The van der Waals surface area contributed by atoms with E-state index in [-0.39, 0.29) is 5.41 Å². The lowest BCUT2D eigenvalue weighted by atomic mass is 9.82. The summed E-state index contributed by atoms with van der Waals surface area (Å²) in [4.78, 5) is 4.46. The van der Waals surface area contributed by atoms with E-state index >= 15 is 0 Å². The third kappa shape index (κ3) is 7.45. The molecule has 2 nitrogen and oxygen atoms in total. The Morgan fingerprint density at radius 3 is 2.48 bits per heavy atom. The maximum absolute atomic E-state index is 4.46. The van der Waals surface area contributed by atoms with Crippen molar-refractivity contribution >= 4 is 38.7 Å². The topological polar surface area (TPSA) is 17.3 Å². The van der Waals surface area contributed by atoms with E-state index in [1.54, 1.807) is 0 Å². The van der Waals surface area contributed by atoms with Crippen LogP contribution in [0.2, 0.25) is 0 Å². The molecule has 2 heteroatoms. The van der Waals surface area contributed by atoms with Crippen molar-refractivity contribution < 1.29 is 0 Å². The molecular formula is C52H56N2. The molecule has 0 N–H and O–H groups in total. The smallest absolute Gasteiger partial charge is 0.0534 e. The fourth-order valence-corrected chi connectivity index (χ4v) is 8.35. The van der Waals surface area contributed by atoms with E-state index in [0.29, 0.717) is 0 Å². The summed E-state index contributed by atoms with van der Waals surface area (Å²) in [5, 5.41) is 6.81. The molecule has 0 bridgehead atoms. The van der Waals surface area contributed by atoms with Gasteiger partial charge in [-0.1, -0.05) is 113 Å². The van der Waals surface area contributed by atoms with Crippen molar-refractivity contribution in [3.05, 3.63) is 161 Å². The molecule has 0 unspecified atom stereocenters. The molecule has 0 saturated heterocycles. The lowest BCUT2D eigenvalue weighted by Crippen LogP contribution is -2.11. The molecule has 6 aromatic rings. The van der Waals surface area contributed by atoms with Crippen LogP contribution in [0.5, 0.6) is 0 Å². The summed E-state index contributed by atoms with van der Waals surface area (Å²) >= 11 is 0. The van der Waals surface area contributed by atoms with Crippen LogP contribution in [-0.2, 0) is 24.7 Å². The third-order valence-electron chi connectivity index (χ3n) is 11.3. The zero-order valence-electron chi connectivity index (χ0n) is 33.5. The molecule has 7 rings (SSSR count). The normalized spacial score (nSPS) is 14.9. The summed E-state index contributed by atoms with van der Waals surface area (Å²) in [6.45, 7) is 15.8. The van der Waals surface area contributed by atoms with Gasteiger partial charge in [0.1, 0.15) is 0 Å². The molecule has 0 aliphatic heterocycles. The average Bonchev–Trinajstić information content (AvgIpc) is 3.45. The molecule has 0 radical (unpaired) electrons. The molecule has 1 aromatic heterocycles. The van der Waals surface area contributed by atoms with Crippen LogP contribution >= 0.6 is 0 Å². The number of benzene rings is 5. The summed E-state index contributed by atoms with van der Waals surface area (Å²) in [6.07, 6.45) is 24.6. The first-order chi connectivity index (χ1) is 26.2. The highest BCUT2D eigenvalue weighted by molar-refractivity contribution is 6.15. The van der Waals surface area contributed by atoms with E-state index in [2.05, 4.69) is 173 Å². The second kappa shape index (κ2) is 16.0. The van der Waals surface area contributed by atoms with Crippen molar-refractivity contribution in [3.8, 4) is 16.8 Å². The van der Waals surface area contributed by atoms with Crippen LogP contribution in [0.3, 0.4) is 0 Å². The van der Waals surface area contributed by atoms with E-state index in [1.165, 1.54) is 94.8 Å². The molecule has 5 aromatic carbocycles. The van der Waals surface area contributed by atoms with Gasteiger partial charge in [0.25, 0.3) is 0 Å². The predicted octanol–water partition coefficient (Wildman–Crippen LogP) is 14.4. The Kier molecular flexibility index (Phi) is 11.0. The van der Waals surface area contributed by atoms with Gasteiger partial charge in [0, 0.05) is 42.0 Å². The van der Waals surface area contributed by atoms with E-state index in [9.17, 15) is 0 Å². The van der Waals surface area contributed by atoms with Crippen molar-refractivity contribution in [1.29, 1.82) is 0 Å². The number of hydrogen-bond acceptors (Lipinski definition) is 1. The molecule has 1 aliphatic rings. The lowest BCUT2D eigenvalue weighted by molar-refractivity contribution is 0.590. The molecule has 0 amide bonds. The van der Waals surface area contributed by atoms with E-state index in [0.717, 1.165) is 38.5 Å². The summed E-state index contributed by atoms with van der Waals surface area (Å²) in [5.74, 6) is 0. The SMILES string of the molecule is C/C=C(\C=C/Cc1cc(-c2ccc3c(c2)c2c(n3-c3ccccc3)C/C=C\CCC2)c2ccc3cc(C(C)(C)C)cc(C)c3c2c1C)CC=N/C=C\CC. The Labute approximate surface area is 323 Å². The minimum absolute atomic E-state index is 0.0840. The summed E-state index contributed by atoms with van der Waals surface area (Å²) in [5.41, 5.74) is 14.9. The molecule has 54 heavy (non-hydrogen) atoms. The molecule has 0 spiro atoms. The van der Waals surface area contributed by atoms with Gasteiger partial charge in [-0.2, -0.15) is 0 Å².